The number of nitrogens with one attached hydrogen (secondary N) is 2. The van der Waals surface area contributed by atoms with Gasteiger partial charge in [-0.25, -0.2) is 0 Å². The molecule has 19 heavy (non-hydrogen) atoms. The Hall–Kier alpha value is -1.18. The molecule has 106 valence electrons. The molecule has 0 aromatic heterocycles. The van der Waals surface area contributed by atoms with Crippen molar-refractivity contribution in [3.05, 3.63) is 23.8 Å². The van der Waals surface area contributed by atoms with Gasteiger partial charge in [-0.1, -0.05) is 51.8 Å². The zero-order chi connectivity index (χ0) is 14.3. The summed E-state index contributed by atoms with van der Waals surface area (Å²) in [7, 11) is 0. The molecule has 0 radical (unpaired) electrons. The smallest absolute Gasteiger partial charge is 0.0779 e. The lowest BCUT2D eigenvalue weighted by Crippen LogP contribution is -2.26. The highest BCUT2D eigenvalue weighted by Gasteiger charge is 2.21. The quantitative estimate of drug-likeness (QED) is 0.490. The third-order valence-corrected chi connectivity index (χ3v) is 4.13. The van der Waals surface area contributed by atoms with E-state index in [1.165, 1.54) is 0 Å². The van der Waals surface area contributed by atoms with Crippen molar-refractivity contribution in [2.45, 2.75) is 59.3 Å². The van der Waals surface area contributed by atoms with E-state index in [1.54, 1.807) is 0 Å². The average molecular weight is 260 g/mol. The molecule has 2 N–H and O–H groups in total. The Morgan fingerprint density at radius 1 is 1.26 bits per heavy atom. The van der Waals surface area contributed by atoms with E-state index in [2.05, 4.69) is 39.0 Å². The van der Waals surface area contributed by atoms with Gasteiger partial charge in [0.25, 0.3) is 0 Å². The molecular weight excluding hydrogens is 232 g/mol. The maximum atomic E-state index is 8.30. The van der Waals surface area contributed by atoms with Crippen molar-refractivity contribution >= 4 is 11.4 Å². The van der Waals surface area contributed by atoms with Crippen LogP contribution in [0.15, 0.2) is 23.8 Å². The fourth-order valence-corrected chi connectivity index (χ4v) is 2.55. The molecule has 0 saturated carbocycles. The standard InChI is InChI=1S/C17H28N2/c1-4-10-13(2)14(3)16(18)17(19)15-11-8-6-5-7-9-12-15/h5-6,11,13-14,18-19H,4,7-10,12H2,1-3H3. The van der Waals surface area contributed by atoms with Crippen molar-refractivity contribution in [2.75, 3.05) is 0 Å². The van der Waals surface area contributed by atoms with Gasteiger partial charge in [0.2, 0.25) is 0 Å². The Morgan fingerprint density at radius 2 is 2.00 bits per heavy atom. The molecule has 2 atom stereocenters. The van der Waals surface area contributed by atoms with E-state index in [0.29, 0.717) is 17.3 Å². The highest BCUT2D eigenvalue weighted by Crippen LogP contribution is 2.22. The molecule has 0 spiro atoms. The molecule has 0 fully saturated rings. The fourth-order valence-electron chi connectivity index (χ4n) is 2.55. The minimum Gasteiger partial charge on any atom is -0.303 e. The molecule has 2 unspecified atom stereocenters. The number of hydrogen-bond donors (Lipinski definition) is 2. The maximum absolute atomic E-state index is 8.30. The maximum Gasteiger partial charge on any atom is 0.0779 e. The van der Waals surface area contributed by atoms with Gasteiger partial charge >= 0.3 is 0 Å². The second-order valence-electron chi connectivity index (χ2n) is 5.67. The molecule has 0 saturated heterocycles. The molecule has 1 rings (SSSR count). The van der Waals surface area contributed by atoms with Gasteiger partial charge < -0.3 is 5.41 Å². The molecular formula is C17H28N2. The lowest BCUT2D eigenvalue weighted by Gasteiger charge is -2.22. The van der Waals surface area contributed by atoms with Gasteiger partial charge in [0, 0.05) is 5.92 Å². The normalized spacial score (nSPS) is 19.0. The van der Waals surface area contributed by atoms with E-state index in [-0.39, 0.29) is 5.92 Å². The van der Waals surface area contributed by atoms with Crippen LogP contribution in [0, 0.1) is 22.7 Å². The van der Waals surface area contributed by atoms with E-state index >= 15 is 0 Å². The molecule has 0 bridgehead atoms. The summed E-state index contributed by atoms with van der Waals surface area (Å²) in [6.45, 7) is 6.48. The summed E-state index contributed by atoms with van der Waals surface area (Å²) in [6.07, 6.45) is 12.8. The predicted molar refractivity (Wildman–Crippen MR) is 84.4 cm³/mol. The van der Waals surface area contributed by atoms with E-state index in [4.69, 9.17) is 10.8 Å². The van der Waals surface area contributed by atoms with Crippen molar-refractivity contribution in [3.8, 4) is 0 Å². The van der Waals surface area contributed by atoms with Crippen LogP contribution in [0.25, 0.3) is 0 Å². The topological polar surface area (TPSA) is 47.7 Å². The first-order valence-corrected chi connectivity index (χ1v) is 7.59. The van der Waals surface area contributed by atoms with Gasteiger partial charge in [-0.2, -0.15) is 0 Å². The summed E-state index contributed by atoms with van der Waals surface area (Å²) in [4.78, 5) is 0. The summed E-state index contributed by atoms with van der Waals surface area (Å²) in [5, 5.41) is 16.6. The van der Waals surface area contributed by atoms with Crippen LogP contribution in [0.3, 0.4) is 0 Å². The molecule has 0 aromatic rings. The second-order valence-corrected chi connectivity index (χ2v) is 5.67. The van der Waals surface area contributed by atoms with Crippen molar-refractivity contribution in [1.29, 1.82) is 10.8 Å². The first-order chi connectivity index (χ1) is 9.07. The highest BCUT2D eigenvalue weighted by atomic mass is 14.6. The van der Waals surface area contributed by atoms with E-state index in [1.807, 2.05) is 0 Å². The first-order valence-electron chi connectivity index (χ1n) is 7.59. The van der Waals surface area contributed by atoms with Gasteiger partial charge in [0.15, 0.2) is 0 Å². The summed E-state index contributed by atoms with van der Waals surface area (Å²) >= 11 is 0. The largest absolute Gasteiger partial charge is 0.303 e. The van der Waals surface area contributed by atoms with Gasteiger partial charge in [0.05, 0.1) is 11.4 Å². The molecule has 0 amide bonds. The van der Waals surface area contributed by atoms with Gasteiger partial charge in [-0.3, -0.25) is 5.41 Å². The van der Waals surface area contributed by atoms with Crippen LogP contribution in [0.5, 0.6) is 0 Å². The fraction of sp³-hybridized carbons (Fsp3) is 0.647. The zero-order valence-corrected chi connectivity index (χ0v) is 12.6. The summed E-state index contributed by atoms with van der Waals surface area (Å²) in [6, 6.07) is 0. The Bertz CT molecular complexity index is 377. The van der Waals surface area contributed by atoms with Crippen LogP contribution in [0.2, 0.25) is 0 Å². The van der Waals surface area contributed by atoms with Crippen LogP contribution < -0.4 is 0 Å². The molecule has 0 aromatic carbocycles. The van der Waals surface area contributed by atoms with Crippen molar-refractivity contribution in [1.82, 2.24) is 0 Å². The minimum atomic E-state index is 0.189. The molecule has 1 aliphatic carbocycles. The predicted octanol–water partition coefficient (Wildman–Crippen LogP) is 5.15. The SMILES string of the molecule is CCCC(C)C(C)C(=N)C(=N)C1=CCC=CCCC1. The minimum absolute atomic E-state index is 0.189. The van der Waals surface area contributed by atoms with Crippen LogP contribution in [-0.2, 0) is 0 Å². The van der Waals surface area contributed by atoms with Gasteiger partial charge in [0.1, 0.15) is 0 Å². The third-order valence-electron chi connectivity index (χ3n) is 4.13. The average Bonchev–Trinajstić information content (AvgIpc) is 2.36. The van der Waals surface area contributed by atoms with Crippen LogP contribution in [0.4, 0.5) is 0 Å². The van der Waals surface area contributed by atoms with E-state index < -0.39 is 0 Å². The van der Waals surface area contributed by atoms with Gasteiger partial charge in [-0.15, -0.1) is 0 Å². The second kappa shape index (κ2) is 8.08. The van der Waals surface area contributed by atoms with Crippen molar-refractivity contribution in [3.63, 3.8) is 0 Å². The summed E-state index contributed by atoms with van der Waals surface area (Å²) < 4.78 is 0. The van der Waals surface area contributed by atoms with E-state index in [9.17, 15) is 0 Å². The van der Waals surface area contributed by atoms with E-state index in [0.717, 1.165) is 44.1 Å². The van der Waals surface area contributed by atoms with Crippen molar-refractivity contribution < 1.29 is 0 Å². The van der Waals surface area contributed by atoms with Gasteiger partial charge in [-0.05, 0) is 37.2 Å². The Balaban J connectivity index is 2.69. The Kier molecular flexibility index (Phi) is 6.75. The Labute approximate surface area is 118 Å². The third kappa shape index (κ3) is 4.77. The number of rotatable bonds is 6. The number of hydrogen-bond acceptors (Lipinski definition) is 2. The monoisotopic (exact) mass is 260 g/mol. The molecule has 0 heterocycles. The lowest BCUT2D eigenvalue weighted by atomic mass is 9.83. The zero-order valence-electron chi connectivity index (χ0n) is 12.6. The lowest BCUT2D eigenvalue weighted by molar-refractivity contribution is 0.445. The van der Waals surface area contributed by atoms with Crippen LogP contribution in [0.1, 0.15) is 59.3 Å². The molecule has 1 aliphatic rings. The van der Waals surface area contributed by atoms with Crippen molar-refractivity contribution in [2.24, 2.45) is 11.8 Å². The summed E-state index contributed by atoms with van der Waals surface area (Å²) in [5.41, 5.74) is 2.08. The molecule has 0 aliphatic heterocycles. The van der Waals surface area contributed by atoms with Crippen LogP contribution >= 0.6 is 0 Å². The molecule has 2 nitrogen and oxygen atoms in total. The Morgan fingerprint density at radius 3 is 2.68 bits per heavy atom. The first kappa shape index (κ1) is 15.9. The summed E-state index contributed by atoms with van der Waals surface area (Å²) in [5.74, 6) is 0.682. The highest BCUT2D eigenvalue weighted by molar-refractivity contribution is 6.46. The van der Waals surface area contributed by atoms with Crippen LogP contribution in [-0.4, -0.2) is 11.4 Å². The molecule has 2 heteroatoms. The number of allylic oxidation sites excluding steroid dienone is 4.